The Labute approximate surface area is 131 Å². The number of carbonyl (C=O) groups excluding carboxylic acids is 1. The van der Waals surface area contributed by atoms with Gasteiger partial charge in [0.1, 0.15) is 5.60 Å². The third-order valence-electron chi connectivity index (χ3n) is 4.04. The van der Waals surface area contributed by atoms with E-state index in [1.165, 1.54) is 0 Å². The van der Waals surface area contributed by atoms with Crippen molar-refractivity contribution in [2.45, 2.75) is 38.8 Å². The predicted octanol–water partition coefficient (Wildman–Crippen LogP) is 2.62. The van der Waals surface area contributed by atoms with Crippen LogP contribution in [0.5, 0.6) is 0 Å². The SMILES string of the molecule is CC(C)(C)OC(=O)N1CC[C@H]2NN=C(c3ccccc3)[C@@H]2C1. The highest BCUT2D eigenvalue weighted by Crippen LogP contribution is 2.27. The second-order valence-electron chi connectivity index (χ2n) is 6.92. The summed E-state index contributed by atoms with van der Waals surface area (Å²) in [7, 11) is 0. The minimum absolute atomic E-state index is 0.226. The molecule has 1 amide bonds. The van der Waals surface area contributed by atoms with Gasteiger partial charge in [-0.25, -0.2) is 4.79 Å². The Morgan fingerprint density at radius 3 is 2.73 bits per heavy atom. The van der Waals surface area contributed by atoms with Gasteiger partial charge in [-0.15, -0.1) is 0 Å². The molecule has 0 aromatic heterocycles. The van der Waals surface area contributed by atoms with Crippen molar-refractivity contribution in [3.8, 4) is 0 Å². The number of nitrogens with one attached hydrogen (secondary N) is 1. The second kappa shape index (κ2) is 5.63. The van der Waals surface area contributed by atoms with Crippen molar-refractivity contribution in [2.75, 3.05) is 13.1 Å². The van der Waals surface area contributed by atoms with Gasteiger partial charge in [-0.1, -0.05) is 30.3 Å². The van der Waals surface area contributed by atoms with Crippen LogP contribution in [0.1, 0.15) is 32.8 Å². The van der Waals surface area contributed by atoms with Crippen LogP contribution in [0.2, 0.25) is 0 Å². The number of piperidine rings is 1. The Morgan fingerprint density at radius 2 is 2.05 bits per heavy atom. The zero-order valence-electron chi connectivity index (χ0n) is 13.4. The molecule has 2 aliphatic heterocycles. The Hall–Kier alpha value is -2.04. The summed E-state index contributed by atoms with van der Waals surface area (Å²) in [5.41, 5.74) is 4.92. The van der Waals surface area contributed by atoms with Crippen LogP contribution in [0.25, 0.3) is 0 Å². The monoisotopic (exact) mass is 301 g/mol. The maximum absolute atomic E-state index is 12.3. The lowest BCUT2D eigenvalue weighted by molar-refractivity contribution is 0.0178. The average molecular weight is 301 g/mol. The van der Waals surface area contributed by atoms with Crippen molar-refractivity contribution >= 4 is 11.8 Å². The van der Waals surface area contributed by atoms with Gasteiger partial charge in [0.25, 0.3) is 0 Å². The number of hydrogen-bond donors (Lipinski definition) is 1. The molecule has 0 radical (unpaired) electrons. The third-order valence-corrected chi connectivity index (χ3v) is 4.04. The van der Waals surface area contributed by atoms with Crippen molar-refractivity contribution in [3.05, 3.63) is 35.9 Å². The number of ether oxygens (including phenoxy) is 1. The van der Waals surface area contributed by atoms with Gasteiger partial charge >= 0.3 is 6.09 Å². The lowest BCUT2D eigenvalue weighted by Gasteiger charge is -2.36. The number of fused-ring (bicyclic) bond motifs is 1. The number of likely N-dealkylation sites (tertiary alicyclic amines) is 1. The topological polar surface area (TPSA) is 53.9 Å². The van der Waals surface area contributed by atoms with Gasteiger partial charge in [-0.2, -0.15) is 5.10 Å². The molecule has 0 bridgehead atoms. The minimum atomic E-state index is -0.460. The van der Waals surface area contributed by atoms with Gasteiger partial charge in [0.2, 0.25) is 0 Å². The molecule has 1 aromatic carbocycles. The summed E-state index contributed by atoms with van der Waals surface area (Å²) in [5, 5.41) is 4.51. The smallest absolute Gasteiger partial charge is 0.410 e. The number of rotatable bonds is 1. The lowest BCUT2D eigenvalue weighted by atomic mass is 9.87. The van der Waals surface area contributed by atoms with Crippen LogP contribution in [0.15, 0.2) is 35.4 Å². The van der Waals surface area contributed by atoms with Crippen molar-refractivity contribution in [3.63, 3.8) is 0 Å². The molecule has 22 heavy (non-hydrogen) atoms. The fourth-order valence-corrected chi connectivity index (χ4v) is 3.00. The first-order chi connectivity index (χ1) is 10.4. The van der Waals surface area contributed by atoms with Crippen LogP contribution in [0.4, 0.5) is 4.79 Å². The molecule has 5 heteroatoms. The molecule has 0 unspecified atom stereocenters. The fraction of sp³-hybridized carbons (Fsp3) is 0.529. The molecule has 5 nitrogen and oxygen atoms in total. The number of benzene rings is 1. The zero-order valence-corrected chi connectivity index (χ0v) is 13.4. The van der Waals surface area contributed by atoms with Crippen LogP contribution < -0.4 is 5.43 Å². The number of nitrogens with zero attached hydrogens (tertiary/aromatic N) is 2. The Morgan fingerprint density at radius 1 is 1.32 bits per heavy atom. The lowest BCUT2D eigenvalue weighted by Crippen LogP contribution is -2.50. The maximum atomic E-state index is 12.3. The highest BCUT2D eigenvalue weighted by Gasteiger charge is 2.39. The van der Waals surface area contributed by atoms with Crippen molar-refractivity contribution in [2.24, 2.45) is 11.0 Å². The first-order valence-electron chi connectivity index (χ1n) is 7.80. The van der Waals surface area contributed by atoms with Crippen molar-refractivity contribution in [1.82, 2.24) is 10.3 Å². The summed E-state index contributed by atoms with van der Waals surface area (Å²) in [6, 6.07) is 10.5. The summed E-state index contributed by atoms with van der Waals surface area (Å²) in [5.74, 6) is 0.226. The number of hydrogen-bond acceptors (Lipinski definition) is 4. The fourth-order valence-electron chi connectivity index (χ4n) is 3.00. The van der Waals surface area contributed by atoms with E-state index in [1.54, 1.807) is 4.90 Å². The summed E-state index contributed by atoms with van der Waals surface area (Å²) < 4.78 is 5.49. The van der Waals surface area contributed by atoms with E-state index in [9.17, 15) is 4.79 Å². The van der Waals surface area contributed by atoms with Crippen LogP contribution in [-0.4, -0.2) is 41.4 Å². The summed E-state index contributed by atoms with van der Waals surface area (Å²) in [6.07, 6.45) is 0.661. The highest BCUT2D eigenvalue weighted by molar-refractivity contribution is 6.03. The van der Waals surface area contributed by atoms with Crippen LogP contribution in [0.3, 0.4) is 0 Å². The number of hydrazone groups is 1. The van der Waals surface area contributed by atoms with Gasteiger partial charge in [0.15, 0.2) is 0 Å². The molecule has 2 atom stereocenters. The normalized spacial score (nSPS) is 24.3. The quantitative estimate of drug-likeness (QED) is 0.867. The first-order valence-corrected chi connectivity index (χ1v) is 7.80. The Bertz CT molecular complexity index is 577. The van der Waals surface area contributed by atoms with Gasteiger partial charge < -0.3 is 15.1 Å². The maximum Gasteiger partial charge on any atom is 0.410 e. The third kappa shape index (κ3) is 3.08. The molecule has 1 saturated heterocycles. The Kier molecular flexibility index (Phi) is 3.81. The molecule has 2 aliphatic rings. The summed E-state index contributed by atoms with van der Waals surface area (Å²) >= 11 is 0. The molecule has 0 saturated carbocycles. The second-order valence-corrected chi connectivity index (χ2v) is 6.92. The van der Waals surface area contributed by atoms with Crippen LogP contribution in [-0.2, 0) is 4.74 Å². The van der Waals surface area contributed by atoms with Crippen LogP contribution in [0, 0.1) is 5.92 Å². The molecule has 0 spiro atoms. The van der Waals surface area contributed by atoms with Crippen molar-refractivity contribution < 1.29 is 9.53 Å². The molecular weight excluding hydrogens is 278 g/mol. The van der Waals surface area contributed by atoms with E-state index in [-0.39, 0.29) is 12.0 Å². The molecule has 3 rings (SSSR count). The van der Waals surface area contributed by atoms with E-state index in [2.05, 4.69) is 22.7 Å². The summed E-state index contributed by atoms with van der Waals surface area (Å²) in [4.78, 5) is 14.1. The molecule has 2 heterocycles. The average Bonchev–Trinajstić information content (AvgIpc) is 2.89. The van der Waals surface area contributed by atoms with E-state index >= 15 is 0 Å². The molecule has 1 aromatic rings. The molecule has 1 N–H and O–H groups in total. The zero-order chi connectivity index (χ0) is 15.7. The standard InChI is InChI=1S/C17H23N3O2/c1-17(2,3)22-16(21)20-10-9-14-13(11-20)15(19-18-14)12-7-5-4-6-8-12/h4-8,13-14,18H,9-11H2,1-3H3/t13-,14-/m1/s1. The van der Waals surface area contributed by atoms with Gasteiger partial charge in [-0.05, 0) is 32.8 Å². The van der Waals surface area contributed by atoms with Gasteiger partial charge in [0, 0.05) is 19.0 Å². The van der Waals surface area contributed by atoms with E-state index in [0.29, 0.717) is 19.1 Å². The number of amides is 1. The van der Waals surface area contributed by atoms with E-state index < -0.39 is 5.60 Å². The van der Waals surface area contributed by atoms with E-state index in [0.717, 1.165) is 17.7 Å². The van der Waals surface area contributed by atoms with E-state index in [4.69, 9.17) is 4.74 Å². The largest absolute Gasteiger partial charge is 0.444 e. The summed E-state index contributed by atoms with van der Waals surface area (Å²) in [6.45, 7) is 7.05. The first kappa shape index (κ1) is 14.9. The van der Waals surface area contributed by atoms with E-state index in [1.807, 2.05) is 39.0 Å². The highest BCUT2D eigenvalue weighted by atomic mass is 16.6. The predicted molar refractivity (Wildman–Crippen MR) is 85.8 cm³/mol. The molecule has 1 fully saturated rings. The van der Waals surface area contributed by atoms with Crippen LogP contribution >= 0.6 is 0 Å². The number of carbonyl (C=O) groups is 1. The van der Waals surface area contributed by atoms with Gasteiger partial charge in [0.05, 0.1) is 11.8 Å². The Balaban J connectivity index is 1.72. The van der Waals surface area contributed by atoms with Crippen molar-refractivity contribution in [1.29, 1.82) is 0 Å². The minimum Gasteiger partial charge on any atom is -0.444 e. The molecule has 0 aliphatic carbocycles. The molecular formula is C17H23N3O2. The van der Waals surface area contributed by atoms with Gasteiger partial charge in [-0.3, -0.25) is 0 Å². The molecule has 118 valence electrons.